The fourth-order valence-corrected chi connectivity index (χ4v) is 2.41. The molecule has 0 amide bonds. The molecule has 1 heterocycles. The fraction of sp³-hybridized carbons (Fsp3) is 0.389. The number of benzene rings is 1. The number of pyridine rings is 1. The first kappa shape index (κ1) is 15.5. The van der Waals surface area contributed by atoms with E-state index in [1.54, 1.807) is 7.11 Å². The summed E-state index contributed by atoms with van der Waals surface area (Å²) in [6.07, 6.45) is 3.88. The second kappa shape index (κ2) is 7.79. The molecule has 0 aliphatic rings. The highest BCUT2D eigenvalue weighted by Gasteiger charge is 2.12. The minimum Gasteiger partial charge on any atom is -0.497 e. The maximum absolute atomic E-state index is 5.32. The lowest BCUT2D eigenvalue weighted by molar-refractivity contribution is 0.413. The van der Waals surface area contributed by atoms with E-state index in [1.165, 1.54) is 11.1 Å². The molecule has 0 spiro atoms. The summed E-state index contributed by atoms with van der Waals surface area (Å²) in [6.45, 7) is 5.20. The average molecular weight is 284 g/mol. The molecule has 112 valence electrons. The topological polar surface area (TPSA) is 34.2 Å². The summed E-state index contributed by atoms with van der Waals surface area (Å²) >= 11 is 0. The summed E-state index contributed by atoms with van der Waals surface area (Å²) in [4.78, 5) is 4.57. The molecule has 1 N–H and O–H groups in total. The highest BCUT2D eigenvalue weighted by molar-refractivity contribution is 5.31. The molecular weight excluding hydrogens is 260 g/mol. The number of likely N-dealkylation sites (N-methyl/N-ethyl adjacent to an activating group) is 1. The van der Waals surface area contributed by atoms with Gasteiger partial charge in [-0.05, 0) is 42.3 Å². The van der Waals surface area contributed by atoms with Gasteiger partial charge in [-0.1, -0.05) is 32.0 Å². The predicted molar refractivity (Wildman–Crippen MR) is 86.7 cm³/mol. The fourth-order valence-electron chi connectivity index (χ4n) is 2.41. The Bertz CT molecular complexity index is 551. The number of aryl methyl sites for hydroxylation is 1. The molecule has 2 aromatic rings. The van der Waals surface area contributed by atoms with Crippen LogP contribution in [-0.4, -0.2) is 18.6 Å². The van der Waals surface area contributed by atoms with Crippen LogP contribution in [0.5, 0.6) is 5.75 Å². The average Bonchev–Trinajstić information content (AvgIpc) is 2.55. The Hall–Kier alpha value is -1.87. The second-order valence-corrected chi connectivity index (χ2v) is 5.10. The molecular formula is C18H24N2O. The standard InChI is InChI=1S/C18H24N2O/c1-4-14-9-10-16(20-13-14)12-18(19-5-2)15-7-6-8-17(11-15)21-3/h6-11,13,18-19H,4-5,12H2,1-3H3. The first-order valence-corrected chi connectivity index (χ1v) is 7.58. The van der Waals surface area contributed by atoms with E-state index in [9.17, 15) is 0 Å². The molecule has 0 saturated heterocycles. The van der Waals surface area contributed by atoms with Crippen LogP contribution in [-0.2, 0) is 12.8 Å². The third-order valence-electron chi connectivity index (χ3n) is 3.65. The van der Waals surface area contributed by atoms with E-state index >= 15 is 0 Å². The summed E-state index contributed by atoms with van der Waals surface area (Å²) in [5.41, 5.74) is 3.62. The van der Waals surface area contributed by atoms with E-state index in [4.69, 9.17) is 4.74 Å². The first-order valence-electron chi connectivity index (χ1n) is 7.58. The van der Waals surface area contributed by atoms with Gasteiger partial charge in [0.1, 0.15) is 5.75 Å². The molecule has 1 atom stereocenters. The van der Waals surface area contributed by atoms with Crippen molar-refractivity contribution in [3.05, 3.63) is 59.4 Å². The minimum atomic E-state index is 0.255. The van der Waals surface area contributed by atoms with Crippen molar-refractivity contribution in [1.29, 1.82) is 0 Å². The molecule has 21 heavy (non-hydrogen) atoms. The first-order chi connectivity index (χ1) is 10.3. The highest BCUT2D eigenvalue weighted by atomic mass is 16.5. The van der Waals surface area contributed by atoms with Crippen molar-refractivity contribution in [2.45, 2.75) is 32.7 Å². The van der Waals surface area contributed by atoms with Crippen LogP contribution in [0.4, 0.5) is 0 Å². The Morgan fingerprint density at radius 2 is 2.05 bits per heavy atom. The maximum Gasteiger partial charge on any atom is 0.119 e. The van der Waals surface area contributed by atoms with Crippen LogP contribution >= 0.6 is 0 Å². The van der Waals surface area contributed by atoms with Crippen molar-refractivity contribution in [2.24, 2.45) is 0 Å². The number of hydrogen-bond donors (Lipinski definition) is 1. The Labute approximate surface area is 127 Å². The number of nitrogens with one attached hydrogen (secondary N) is 1. The van der Waals surface area contributed by atoms with Crippen molar-refractivity contribution in [3.8, 4) is 5.75 Å². The summed E-state index contributed by atoms with van der Waals surface area (Å²) < 4.78 is 5.32. The van der Waals surface area contributed by atoms with Gasteiger partial charge in [-0.25, -0.2) is 0 Å². The Kier molecular flexibility index (Phi) is 5.76. The van der Waals surface area contributed by atoms with Gasteiger partial charge in [0, 0.05) is 24.4 Å². The van der Waals surface area contributed by atoms with Crippen molar-refractivity contribution in [1.82, 2.24) is 10.3 Å². The molecule has 2 rings (SSSR count). The number of hydrogen-bond acceptors (Lipinski definition) is 3. The van der Waals surface area contributed by atoms with Gasteiger partial charge in [-0.15, -0.1) is 0 Å². The van der Waals surface area contributed by atoms with Crippen LogP contribution in [0.15, 0.2) is 42.6 Å². The third kappa shape index (κ3) is 4.30. The van der Waals surface area contributed by atoms with Crippen LogP contribution in [0.3, 0.4) is 0 Å². The van der Waals surface area contributed by atoms with Crippen LogP contribution < -0.4 is 10.1 Å². The van der Waals surface area contributed by atoms with Crippen LogP contribution in [0, 0.1) is 0 Å². The van der Waals surface area contributed by atoms with E-state index in [1.807, 2.05) is 18.3 Å². The molecule has 0 bridgehead atoms. The SMILES string of the molecule is CCNC(Cc1ccc(CC)cn1)c1cccc(OC)c1. The molecule has 0 fully saturated rings. The highest BCUT2D eigenvalue weighted by Crippen LogP contribution is 2.22. The Morgan fingerprint density at radius 3 is 2.67 bits per heavy atom. The van der Waals surface area contributed by atoms with E-state index in [2.05, 4.69) is 48.4 Å². The van der Waals surface area contributed by atoms with E-state index in [0.29, 0.717) is 0 Å². The van der Waals surface area contributed by atoms with E-state index < -0.39 is 0 Å². The largest absolute Gasteiger partial charge is 0.497 e. The summed E-state index contributed by atoms with van der Waals surface area (Å²) in [5.74, 6) is 0.893. The zero-order valence-electron chi connectivity index (χ0n) is 13.1. The van der Waals surface area contributed by atoms with Crippen molar-refractivity contribution in [3.63, 3.8) is 0 Å². The van der Waals surface area contributed by atoms with Crippen LogP contribution in [0.1, 0.15) is 36.7 Å². The van der Waals surface area contributed by atoms with Crippen molar-refractivity contribution >= 4 is 0 Å². The predicted octanol–water partition coefficient (Wildman–Crippen LogP) is 3.55. The minimum absolute atomic E-state index is 0.255. The van der Waals surface area contributed by atoms with E-state index in [0.717, 1.165) is 30.8 Å². The van der Waals surface area contributed by atoms with Crippen LogP contribution in [0.2, 0.25) is 0 Å². The summed E-state index contributed by atoms with van der Waals surface area (Å²) in [6, 6.07) is 12.8. The number of nitrogens with zero attached hydrogens (tertiary/aromatic N) is 1. The quantitative estimate of drug-likeness (QED) is 0.844. The number of ether oxygens (including phenoxy) is 1. The lowest BCUT2D eigenvalue weighted by Crippen LogP contribution is -2.23. The zero-order chi connectivity index (χ0) is 15.1. The summed E-state index contributed by atoms with van der Waals surface area (Å²) in [5, 5.41) is 3.53. The number of rotatable bonds is 7. The number of methoxy groups -OCH3 is 1. The molecule has 0 aliphatic carbocycles. The lowest BCUT2D eigenvalue weighted by atomic mass is 10.0. The smallest absolute Gasteiger partial charge is 0.119 e. The van der Waals surface area contributed by atoms with Crippen molar-refractivity contribution in [2.75, 3.05) is 13.7 Å². The van der Waals surface area contributed by atoms with Gasteiger partial charge >= 0.3 is 0 Å². The monoisotopic (exact) mass is 284 g/mol. The second-order valence-electron chi connectivity index (χ2n) is 5.10. The summed E-state index contributed by atoms with van der Waals surface area (Å²) in [7, 11) is 1.70. The molecule has 0 aliphatic heterocycles. The lowest BCUT2D eigenvalue weighted by Gasteiger charge is -2.19. The van der Waals surface area contributed by atoms with Gasteiger partial charge in [-0.3, -0.25) is 4.98 Å². The Morgan fingerprint density at radius 1 is 1.19 bits per heavy atom. The van der Waals surface area contributed by atoms with Gasteiger partial charge in [0.15, 0.2) is 0 Å². The molecule has 1 unspecified atom stereocenters. The van der Waals surface area contributed by atoms with Gasteiger partial charge in [0.2, 0.25) is 0 Å². The molecule has 1 aromatic heterocycles. The number of aromatic nitrogens is 1. The molecule has 1 aromatic carbocycles. The normalized spacial score (nSPS) is 12.1. The third-order valence-corrected chi connectivity index (χ3v) is 3.65. The maximum atomic E-state index is 5.32. The zero-order valence-corrected chi connectivity index (χ0v) is 13.1. The molecule has 0 saturated carbocycles. The van der Waals surface area contributed by atoms with Gasteiger partial charge in [0.25, 0.3) is 0 Å². The Balaban J connectivity index is 2.17. The molecule has 3 heteroatoms. The van der Waals surface area contributed by atoms with Gasteiger partial charge in [0.05, 0.1) is 7.11 Å². The van der Waals surface area contributed by atoms with E-state index in [-0.39, 0.29) is 6.04 Å². The molecule has 0 radical (unpaired) electrons. The van der Waals surface area contributed by atoms with Gasteiger partial charge < -0.3 is 10.1 Å². The van der Waals surface area contributed by atoms with Crippen molar-refractivity contribution < 1.29 is 4.74 Å². The molecule has 3 nitrogen and oxygen atoms in total. The van der Waals surface area contributed by atoms with Gasteiger partial charge in [-0.2, -0.15) is 0 Å². The van der Waals surface area contributed by atoms with Crippen LogP contribution in [0.25, 0.3) is 0 Å².